The summed E-state index contributed by atoms with van der Waals surface area (Å²) in [5.74, 6) is 0.371. The van der Waals surface area contributed by atoms with Gasteiger partial charge in [-0.1, -0.05) is 18.2 Å². The Morgan fingerprint density at radius 2 is 1.77 bits per heavy atom. The molecule has 2 amide bonds. The summed E-state index contributed by atoms with van der Waals surface area (Å²) in [4.78, 5) is 19.4. The number of benzene rings is 2. The van der Waals surface area contributed by atoms with E-state index in [0.29, 0.717) is 23.8 Å². The standard InChI is InChI=1S/C27H29F3N8O/c1-37(2)15-32-26(11-12-26)21-14-20(22-23(31)36-38(3)24(22)35-21)16-7-9-18(10-8-16)33-25(39)34-19-6-4-5-17(13-19)27(28,29)30/h4-10,13-14,32H,11-12,15H2,1-3H3,(H2,31,36)(H2,33,34,39). The third kappa shape index (κ3) is 5.52. The van der Waals surface area contributed by atoms with Gasteiger partial charge < -0.3 is 16.4 Å². The molecule has 1 fully saturated rings. The Bertz CT molecular complexity index is 1520. The van der Waals surface area contributed by atoms with Crippen LogP contribution < -0.4 is 21.7 Å². The average Bonchev–Trinajstić information content (AvgIpc) is 3.62. The molecule has 0 saturated heterocycles. The lowest BCUT2D eigenvalue weighted by molar-refractivity contribution is -0.137. The van der Waals surface area contributed by atoms with Gasteiger partial charge in [-0.15, -0.1) is 0 Å². The number of carbonyl (C=O) groups excluding carboxylic acids is 1. The fourth-order valence-corrected chi connectivity index (χ4v) is 4.51. The van der Waals surface area contributed by atoms with Crippen LogP contribution in [0.2, 0.25) is 0 Å². The normalized spacial score (nSPS) is 14.5. The number of carbonyl (C=O) groups is 1. The van der Waals surface area contributed by atoms with E-state index in [2.05, 4.69) is 25.9 Å². The Labute approximate surface area is 223 Å². The van der Waals surface area contributed by atoms with Crippen LogP contribution in [-0.4, -0.2) is 46.5 Å². The lowest BCUT2D eigenvalue weighted by Crippen LogP contribution is -2.37. The second-order valence-electron chi connectivity index (χ2n) is 9.99. The Balaban J connectivity index is 1.39. The number of hydrogen-bond donors (Lipinski definition) is 4. The van der Waals surface area contributed by atoms with E-state index >= 15 is 0 Å². The highest BCUT2D eigenvalue weighted by Crippen LogP contribution is 2.47. The number of urea groups is 1. The third-order valence-electron chi connectivity index (χ3n) is 6.70. The number of amides is 2. The fraction of sp³-hybridized carbons (Fsp3) is 0.296. The fourth-order valence-electron chi connectivity index (χ4n) is 4.51. The average molecular weight is 539 g/mol. The molecule has 2 aromatic heterocycles. The molecule has 1 saturated carbocycles. The zero-order valence-electron chi connectivity index (χ0n) is 21.7. The number of nitrogens with zero attached hydrogens (tertiary/aromatic N) is 4. The van der Waals surface area contributed by atoms with Crippen molar-refractivity contribution >= 4 is 34.3 Å². The van der Waals surface area contributed by atoms with Crippen molar-refractivity contribution in [3.05, 3.63) is 65.9 Å². The molecule has 1 aliphatic carbocycles. The first kappa shape index (κ1) is 26.4. The van der Waals surface area contributed by atoms with E-state index in [1.54, 1.807) is 16.8 Å². The van der Waals surface area contributed by atoms with Crippen molar-refractivity contribution in [1.29, 1.82) is 0 Å². The van der Waals surface area contributed by atoms with Crippen LogP contribution in [-0.2, 0) is 18.8 Å². The van der Waals surface area contributed by atoms with Gasteiger partial charge in [0, 0.05) is 25.1 Å². The highest BCUT2D eigenvalue weighted by Gasteiger charge is 2.46. The van der Waals surface area contributed by atoms with Crippen LogP contribution in [0.4, 0.5) is 35.2 Å². The van der Waals surface area contributed by atoms with Gasteiger partial charge in [0.15, 0.2) is 11.5 Å². The number of pyridine rings is 1. The maximum atomic E-state index is 13.0. The minimum Gasteiger partial charge on any atom is -0.382 e. The number of fused-ring (bicyclic) bond motifs is 1. The van der Waals surface area contributed by atoms with Crippen molar-refractivity contribution in [2.75, 3.05) is 37.1 Å². The number of alkyl halides is 3. The summed E-state index contributed by atoms with van der Waals surface area (Å²) in [6, 6.07) is 13.0. The van der Waals surface area contributed by atoms with Crippen LogP contribution >= 0.6 is 0 Å². The summed E-state index contributed by atoms with van der Waals surface area (Å²) in [7, 11) is 5.81. The number of nitrogens with two attached hydrogens (primary N) is 1. The minimum absolute atomic E-state index is 0.0367. The summed E-state index contributed by atoms with van der Waals surface area (Å²) in [6.07, 6.45) is -2.56. The second kappa shape index (κ2) is 9.86. The van der Waals surface area contributed by atoms with Gasteiger partial charge in [0.2, 0.25) is 0 Å². The van der Waals surface area contributed by atoms with E-state index in [1.807, 2.05) is 39.3 Å². The topological polar surface area (TPSA) is 113 Å². The molecule has 0 atom stereocenters. The van der Waals surface area contributed by atoms with E-state index in [9.17, 15) is 18.0 Å². The van der Waals surface area contributed by atoms with Gasteiger partial charge in [-0.25, -0.2) is 14.5 Å². The number of anilines is 3. The van der Waals surface area contributed by atoms with Gasteiger partial charge in [-0.3, -0.25) is 10.2 Å². The molecule has 9 nitrogen and oxygen atoms in total. The SMILES string of the molecule is CN(C)CNC1(c2cc(-c3ccc(NC(=O)Nc4cccc(C(F)(F)F)c4)cc3)c3c(N)nn(C)c3n2)CC1. The van der Waals surface area contributed by atoms with E-state index < -0.39 is 17.8 Å². The van der Waals surface area contributed by atoms with Crippen LogP contribution in [0.15, 0.2) is 54.6 Å². The van der Waals surface area contributed by atoms with Crippen molar-refractivity contribution in [2.45, 2.75) is 24.6 Å². The van der Waals surface area contributed by atoms with Crippen molar-refractivity contribution in [1.82, 2.24) is 25.0 Å². The number of aromatic nitrogens is 3. The Kier molecular flexibility index (Phi) is 6.69. The molecule has 4 aromatic rings. The number of halogens is 3. The molecule has 39 heavy (non-hydrogen) atoms. The smallest absolute Gasteiger partial charge is 0.382 e. The number of nitrogen functional groups attached to an aromatic ring is 1. The first-order valence-electron chi connectivity index (χ1n) is 12.3. The summed E-state index contributed by atoms with van der Waals surface area (Å²) < 4.78 is 40.6. The predicted octanol–water partition coefficient (Wildman–Crippen LogP) is 4.98. The molecule has 0 spiro atoms. The molecule has 5 N–H and O–H groups in total. The molecule has 2 heterocycles. The number of aryl methyl sites for hydroxylation is 1. The summed E-state index contributed by atoms with van der Waals surface area (Å²) in [5.41, 5.74) is 9.05. The predicted molar refractivity (Wildman–Crippen MR) is 145 cm³/mol. The first-order valence-corrected chi connectivity index (χ1v) is 12.3. The summed E-state index contributed by atoms with van der Waals surface area (Å²) in [6.45, 7) is 0.714. The minimum atomic E-state index is -4.50. The van der Waals surface area contributed by atoms with Crippen LogP contribution in [0.25, 0.3) is 22.2 Å². The lowest BCUT2D eigenvalue weighted by atomic mass is 9.99. The first-order chi connectivity index (χ1) is 18.4. The van der Waals surface area contributed by atoms with Crippen LogP contribution in [0.1, 0.15) is 24.1 Å². The molecular weight excluding hydrogens is 509 g/mol. The molecule has 12 heteroatoms. The second-order valence-corrected chi connectivity index (χ2v) is 9.99. The van der Waals surface area contributed by atoms with E-state index in [4.69, 9.17) is 10.7 Å². The van der Waals surface area contributed by atoms with Crippen molar-refractivity contribution in [3.63, 3.8) is 0 Å². The molecular formula is C27H29F3N8O. The lowest BCUT2D eigenvalue weighted by Gasteiger charge is -2.21. The van der Waals surface area contributed by atoms with Crippen LogP contribution in [0.5, 0.6) is 0 Å². The zero-order chi connectivity index (χ0) is 27.9. The molecule has 5 rings (SSSR count). The maximum Gasteiger partial charge on any atom is 0.416 e. The van der Waals surface area contributed by atoms with E-state index in [-0.39, 0.29) is 11.2 Å². The van der Waals surface area contributed by atoms with Crippen molar-refractivity contribution in [3.8, 4) is 11.1 Å². The highest BCUT2D eigenvalue weighted by atomic mass is 19.4. The van der Waals surface area contributed by atoms with Crippen molar-refractivity contribution in [2.24, 2.45) is 7.05 Å². The number of nitrogens with one attached hydrogen (secondary N) is 3. The molecule has 2 aromatic carbocycles. The molecule has 0 aliphatic heterocycles. The maximum absolute atomic E-state index is 13.0. The van der Waals surface area contributed by atoms with Gasteiger partial charge in [0.25, 0.3) is 0 Å². The Morgan fingerprint density at radius 3 is 2.41 bits per heavy atom. The molecule has 0 unspecified atom stereocenters. The Morgan fingerprint density at radius 1 is 1.08 bits per heavy atom. The van der Waals surface area contributed by atoms with Gasteiger partial charge in [-0.05, 0) is 74.5 Å². The summed E-state index contributed by atoms with van der Waals surface area (Å²) >= 11 is 0. The van der Waals surface area contributed by atoms with Gasteiger partial charge in [-0.2, -0.15) is 18.3 Å². The van der Waals surface area contributed by atoms with Gasteiger partial charge >= 0.3 is 12.2 Å². The monoisotopic (exact) mass is 538 g/mol. The summed E-state index contributed by atoms with van der Waals surface area (Å²) in [5, 5.41) is 13.8. The third-order valence-corrected chi connectivity index (χ3v) is 6.70. The number of rotatable bonds is 7. The van der Waals surface area contributed by atoms with Crippen LogP contribution in [0, 0.1) is 0 Å². The number of hydrogen-bond acceptors (Lipinski definition) is 6. The molecule has 204 valence electrons. The molecule has 1 aliphatic rings. The molecule has 0 bridgehead atoms. The van der Waals surface area contributed by atoms with Crippen LogP contribution in [0.3, 0.4) is 0 Å². The Hall–Kier alpha value is -4.16. The quantitative estimate of drug-likeness (QED) is 0.247. The van der Waals surface area contributed by atoms with Gasteiger partial charge in [0.1, 0.15) is 0 Å². The largest absolute Gasteiger partial charge is 0.416 e. The zero-order valence-corrected chi connectivity index (χ0v) is 21.7. The highest BCUT2D eigenvalue weighted by molar-refractivity contribution is 6.02. The van der Waals surface area contributed by atoms with E-state index in [1.165, 1.54) is 12.1 Å². The van der Waals surface area contributed by atoms with E-state index in [0.717, 1.165) is 47.2 Å². The van der Waals surface area contributed by atoms with Crippen molar-refractivity contribution < 1.29 is 18.0 Å². The molecule has 0 radical (unpaired) electrons. The van der Waals surface area contributed by atoms with Gasteiger partial charge in [0.05, 0.1) is 22.2 Å².